The van der Waals surface area contributed by atoms with Crippen LogP contribution in [0.15, 0.2) is 34.1 Å². The summed E-state index contributed by atoms with van der Waals surface area (Å²) in [7, 11) is 0. The summed E-state index contributed by atoms with van der Waals surface area (Å²) in [5.41, 5.74) is 1.72. The van der Waals surface area contributed by atoms with Gasteiger partial charge in [-0.15, -0.1) is 11.3 Å². The van der Waals surface area contributed by atoms with E-state index in [4.69, 9.17) is 0 Å². The van der Waals surface area contributed by atoms with E-state index in [1.807, 2.05) is 19.1 Å². The minimum Gasteiger partial charge on any atom is -0.310 e. The van der Waals surface area contributed by atoms with Crippen LogP contribution < -0.4 is 5.32 Å². The molecule has 0 aliphatic rings. The summed E-state index contributed by atoms with van der Waals surface area (Å²) in [6, 6.07) is 7.63. The van der Waals surface area contributed by atoms with Crippen molar-refractivity contribution in [2.75, 3.05) is 6.54 Å². The number of benzene rings is 1. The normalized spacial score (nSPS) is 12.6. The lowest BCUT2D eigenvalue weighted by Gasteiger charge is -2.19. The number of nitrogens with one attached hydrogen (secondary N) is 1. The highest BCUT2D eigenvalue weighted by atomic mass is 79.9. The topological polar surface area (TPSA) is 12.0 Å². The molecule has 1 aromatic carbocycles. The highest BCUT2D eigenvalue weighted by molar-refractivity contribution is 9.10. The zero-order valence-corrected chi connectivity index (χ0v) is 14.2. The first-order valence-electron chi connectivity index (χ1n) is 6.82. The van der Waals surface area contributed by atoms with Gasteiger partial charge in [-0.1, -0.05) is 19.1 Å². The van der Waals surface area contributed by atoms with Crippen LogP contribution in [0.25, 0.3) is 0 Å². The van der Waals surface area contributed by atoms with Gasteiger partial charge < -0.3 is 5.32 Å². The van der Waals surface area contributed by atoms with Gasteiger partial charge in [0.1, 0.15) is 5.82 Å². The molecular formula is C16H19BrFNS. The summed E-state index contributed by atoms with van der Waals surface area (Å²) in [5.74, 6) is -0.116. The third-order valence-corrected chi connectivity index (χ3v) is 4.92. The molecule has 1 aromatic heterocycles. The van der Waals surface area contributed by atoms with Gasteiger partial charge >= 0.3 is 0 Å². The molecule has 0 amide bonds. The Morgan fingerprint density at radius 3 is 2.75 bits per heavy atom. The third-order valence-electron chi connectivity index (χ3n) is 3.20. The summed E-state index contributed by atoms with van der Waals surface area (Å²) in [6.45, 7) is 4.93. The van der Waals surface area contributed by atoms with Crippen molar-refractivity contribution in [3.8, 4) is 0 Å². The maximum Gasteiger partial charge on any atom is 0.128 e. The van der Waals surface area contributed by atoms with Gasteiger partial charge in [0, 0.05) is 32.8 Å². The summed E-state index contributed by atoms with van der Waals surface area (Å²) >= 11 is 5.18. The molecule has 0 aliphatic carbocycles. The molecular weight excluding hydrogens is 337 g/mol. The second-order valence-electron chi connectivity index (χ2n) is 4.97. The molecule has 1 unspecified atom stereocenters. The molecule has 0 saturated carbocycles. The number of hydrogen-bond acceptors (Lipinski definition) is 2. The number of halogens is 2. The van der Waals surface area contributed by atoms with E-state index in [0.29, 0.717) is 0 Å². The maximum atomic E-state index is 14.2. The van der Waals surface area contributed by atoms with Gasteiger partial charge in [-0.05, 0) is 53.5 Å². The van der Waals surface area contributed by atoms with Gasteiger partial charge in [0.25, 0.3) is 0 Å². The summed E-state index contributed by atoms with van der Waals surface area (Å²) in [6.07, 6.45) is 1.86. The molecule has 20 heavy (non-hydrogen) atoms. The molecule has 1 nitrogen and oxygen atoms in total. The minimum absolute atomic E-state index is 0.0288. The van der Waals surface area contributed by atoms with Crippen molar-refractivity contribution < 1.29 is 4.39 Å². The van der Waals surface area contributed by atoms with E-state index in [1.54, 1.807) is 17.4 Å². The molecule has 0 aliphatic heterocycles. The molecule has 0 fully saturated rings. The van der Waals surface area contributed by atoms with E-state index in [1.165, 1.54) is 4.88 Å². The molecule has 0 bridgehead atoms. The van der Waals surface area contributed by atoms with Crippen molar-refractivity contribution in [3.05, 3.63) is 55.9 Å². The van der Waals surface area contributed by atoms with Gasteiger partial charge in [0.05, 0.1) is 0 Å². The van der Waals surface area contributed by atoms with Crippen LogP contribution in [0.5, 0.6) is 0 Å². The van der Waals surface area contributed by atoms with E-state index in [0.717, 1.165) is 35.0 Å². The summed E-state index contributed by atoms with van der Waals surface area (Å²) < 4.78 is 15.3. The molecule has 0 saturated heterocycles. The number of hydrogen-bond donors (Lipinski definition) is 1. The first kappa shape index (κ1) is 15.7. The predicted octanol–water partition coefficient (Wildman–Crippen LogP) is 5.24. The highest BCUT2D eigenvalue weighted by Crippen LogP contribution is 2.27. The third kappa shape index (κ3) is 4.14. The Morgan fingerprint density at radius 1 is 1.35 bits per heavy atom. The molecule has 4 heteroatoms. The van der Waals surface area contributed by atoms with Gasteiger partial charge in [-0.3, -0.25) is 0 Å². The van der Waals surface area contributed by atoms with Crippen LogP contribution in [-0.2, 0) is 6.42 Å². The lowest BCUT2D eigenvalue weighted by molar-refractivity contribution is 0.499. The van der Waals surface area contributed by atoms with E-state index in [9.17, 15) is 4.39 Å². The van der Waals surface area contributed by atoms with E-state index < -0.39 is 0 Å². The molecule has 0 spiro atoms. The van der Waals surface area contributed by atoms with Crippen molar-refractivity contribution in [1.82, 2.24) is 5.32 Å². The van der Waals surface area contributed by atoms with Crippen LogP contribution in [-0.4, -0.2) is 6.54 Å². The standard InChI is InChI=1S/C16H19BrFNS/c1-3-6-19-16(9-13-8-12(17)10-20-13)14-5-4-11(2)7-15(14)18/h4-5,7-8,10,16,19H,3,6,9H2,1-2H3. The Balaban J connectivity index is 2.22. The molecule has 1 N–H and O–H groups in total. The average Bonchev–Trinajstić information content (AvgIpc) is 2.80. The Bertz CT molecular complexity index is 567. The fraction of sp³-hybridized carbons (Fsp3) is 0.375. The van der Waals surface area contributed by atoms with Gasteiger partial charge in [-0.2, -0.15) is 0 Å². The van der Waals surface area contributed by atoms with Crippen LogP contribution in [0.1, 0.15) is 35.4 Å². The molecule has 1 atom stereocenters. The quantitative estimate of drug-likeness (QED) is 0.746. The molecule has 108 valence electrons. The Hall–Kier alpha value is -0.710. The van der Waals surface area contributed by atoms with Crippen LogP contribution in [0.4, 0.5) is 4.39 Å². The molecule has 0 radical (unpaired) electrons. The first-order valence-corrected chi connectivity index (χ1v) is 8.49. The molecule has 2 rings (SSSR count). The van der Waals surface area contributed by atoms with E-state index in [-0.39, 0.29) is 11.9 Å². The van der Waals surface area contributed by atoms with Crippen molar-refractivity contribution in [3.63, 3.8) is 0 Å². The fourth-order valence-electron chi connectivity index (χ4n) is 2.19. The van der Waals surface area contributed by atoms with Crippen molar-refractivity contribution in [2.24, 2.45) is 0 Å². The van der Waals surface area contributed by atoms with Gasteiger partial charge in [0.2, 0.25) is 0 Å². The lowest BCUT2D eigenvalue weighted by Crippen LogP contribution is -2.24. The molecule has 1 heterocycles. The average molecular weight is 356 g/mol. The van der Waals surface area contributed by atoms with Gasteiger partial charge in [0.15, 0.2) is 0 Å². The van der Waals surface area contributed by atoms with Crippen LogP contribution >= 0.6 is 27.3 Å². The fourth-order valence-corrected chi connectivity index (χ4v) is 3.69. The SMILES string of the molecule is CCCNC(Cc1cc(Br)cs1)c1ccc(C)cc1F. The number of rotatable bonds is 6. The molecule has 2 aromatic rings. The zero-order chi connectivity index (χ0) is 14.5. The van der Waals surface area contributed by atoms with Crippen molar-refractivity contribution >= 4 is 27.3 Å². The smallest absolute Gasteiger partial charge is 0.128 e. The predicted molar refractivity (Wildman–Crippen MR) is 87.9 cm³/mol. The first-order chi connectivity index (χ1) is 9.60. The highest BCUT2D eigenvalue weighted by Gasteiger charge is 2.16. The largest absolute Gasteiger partial charge is 0.310 e. The minimum atomic E-state index is -0.116. The summed E-state index contributed by atoms with van der Waals surface area (Å²) in [4.78, 5) is 1.26. The van der Waals surface area contributed by atoms with Gasteiger partial charge in [-0.25, -0.2) is 4.39 Å². The van der Waals surface area contributed by atoms with E-state index >= 15 is 0 Å². The second-order valence-corrected chi connectivity index (χ2v) is 6.88. The number of thiophene rings is 1. The van der Waals surface area contributed by atoms with Crippen molar-refractivity contribution in [1.29, 1.82) is 0 Å². The lowest BCUT2D eigenvalue weighted by atomic mass is 10.0. The Morgan fingerprint density at radius 2 is 2.15 bits per heavy atom. The zero-order valence-electron chi connectivity index (χ0n) is 11.7. The van der Waals surface area contributed by atoms with Crippen LogP contribution in [0.3, 0.4) is 0 Å². The summed E-state index contributed by atoms with van der Waals surface area (Å²) in [5, 5.41) is 5.52. The van der Waals surface area contributed by atoms with E-state index in [2.05, 4.69) is 39.6 Å². The van der Waals surface area contributed by atoms with Crippen molar-refractivity contribution in [2.45, 2.75) is 32.7 Å². The Labute approximate surface area is 132 Å². The van der Waals surface area contributed by atoms with Crippen LogP contribution in [0, 0.1) is 12.7 Å². The number of aryl methyl sites for hydroxylation is 1. The monoisotopic (exact) mass is 355 g/mol. The maximum absolute atomic E-state index is 14.2. The second kappa shape index (κ2) is 7.34. The van der Waals surface area contributed by atoms with Crippen LogP contribution in [0.2, 0.25) is 0 Å². The Kier molecular flexibility index (Phi) is 5.75.